The summed E-state index contributed by atoms with van der Waals surface area (Å²) in [6.45, 7) is 1.22. The van der Waals surface area contributed by atoms with E-state index >= 15 is 0 Å². The summed E-state index contributed by atoms with van der Waals surface area (Å²) in [5, 5.41) is 5.95. The van der Waals surface area contributed by atoms with Crippen molar-refractivity contribution in [3.63, 3.8) is 0 Å². The number of amides is 1. The Morgan fingerprint density at radius 2 is 2.09 bits per heavy atom. The molecule has 2 rings (SSSR count). The fourth-order valence-electron chi connectivity index (χ4n) is 1.81. The van der Waals surface area contributed by atoms with Gasteiger partial charge in [0, 0.05) is 6.07 Å². The van der Waals surface area contributed by atoms with Crippen LogP contribution in [0.25, 0.3) is 0 Å². The van der Waals surface area contributed by atoms with Crippen LogP contribution in [0.3, 0.4) is 0 Å². The van der Waals surface area contributed by atoms with E-state index in [-0.39, 0.29) is 18.0 Å². The van der Waals surface area contributed by atoms with Gasteiger partial charge in [-0.1, -0.05) is 23.4 Å². The second-order valence-corrected chi connectivity index (χ2v) is 6.78. The van der Waals surface area contributed by atoms with E-state index in [4.69, 9.17) is 4.52 Å². The third-order valence-corrected chi connectivity index (χ3v) is 4.27. The van der Waals surface area contributed by atoms with Crippen LogP contribution in [0.15, 0.2) is 34.9 Å². The molecule has 0 radical (unpaired) electrons. The lowest BCUT2D eigenvalue weighted by Gasteiger charge is -2.07. The number of aromatic nitrogens is 1. The van der Waals surface area contributed by atoms with Crippen LogP contribution >= 0.6 is 0 Å². The van der Waals surface area contributed by atoms with E-state index in [1.165, 1.54) is 24.3 Å². The zero-order chi connectivity index (χ0) is 16.9. The highest BCUT2D eigenvalue weighted by Gasteiger charge is 2.14. The molecule has 0 aliphatic rings. The lowest BCUT2D eigenvalue weighted by Crippen LogP contribution is -2.34. The van der Waals surface area contributed by atoms with Gasteiger partial charge in [-0.15, -0.1) is 0 Å². The van der Waals surface area contributed by atoms with Gasteiger partial charge in [-0.3, -0.25) is 4.79 Å². The Kier molecular flexibility index (Phi) is 5.45. The Hall–Kier alpha value is -2.26. The number of hydrogen-bond acceptors (Lipinski definition) is 5. The normalized spacial score (nSPS) is 11.4. The first kappa shape index (κ1) is 17.1. The van der Waals surface area contributed by atoms with Crippen LogP contribution in [0.4, 0.5) is 10.2 Å². The average molecular weight is 341 g/mol. The minimum atomic E-state index is -3.70. The van der Waals surface area contributed by atoms with Crippen molar-refractivity contribution in [2.24, 2.45) is 0 Å². The zero-order valence-corrected chi connectivity index (χ0v) is 13.2. The molecule has 0 unspecified atom stereocenters. The van der Waals surface area contributed by atoms with E-state index in [1.54, 1.807) is 13.0 Å². The molecule has 124 valence electrons. The standard InChI is InChI=1S/C14H16FN3O4S/c1-10-8-13(18-22-10)17-14(19)9-16-23(20,21)7-6-11-4-2-3-5-12(11)15/h2-5,8,16H,6-7,9H2,1H3,(H,17,18,19). The van der Waals surface area contributed by atoms with Crippen molar-refractivity contribution in [3.05, 3.63) is 47.5 Å². The number of benzene rings is 1. The molecule has 2 aromatic rings. The number of hydrogen-bond donors (Lipinski definition) is 2. The van der Waals surface area contributed by atoms with Crippen molar-refractivity contribution in [2.75, 3.05) is 17.6 Å². The van der Waals surface area contributed by atoms with E-state index < -0.39 is 28.3 Å². The largest absolute Gasteiger partial charge is 0.360 e. The SMILES string of the molecule is Cc1cc(NC(=O)CNS(=O)(=O)CCc2ccccc2F)no1. The molecule has 1 amide bonds. The van der Waals surface area contributed by atoms with E-state index in [2.05, 4.69) is 15.2 Å². The van der Waals surface area contributed by atoms with Crippen molar-refractivity contribution < 1.29 is 22.1 Å². The lowest BCUT2D eigenvalue weighted by molar-refractivity contribution is -0.115. The van der Waals surface area contributed by atoms with Gasteiger partial charge in [0.2, 0.25) is 15.9 Å². The molecule has 0 fully saturated rings. The number of anilines is 1. The van der Waals surface area contributed by atoms with Crippen LogP contribution in [0.1, 0.15) is 11.3 Å². The first-order chi connectivity index (χ1) is 10.9. The monoisotopic (exact) mass is 341 g/mol. The van der Waals surface area contributed by atoms with Crippen molar-refractivity contribution in [2.45, 2.75) is 13.3 Å². The molecule has 0 aliphatic carbocycles. The molecule has 0 spiro atoms. The third-order valence-electron chi connectivity index (χ3n) is 2.95. The zero-order valence-electron chi connectivity index (χ0n) is 12.4. The first-order valence-electron chi connectivity index (χ1n) is 6.79. The van der Waals surface area contributed by atoms with Crippen LogP contribution < -0.4 is 10.0 Å². The molecule has 1 aromatic heterocycles. The summed E-state index contributed by atoms with van der Waals surface area (Å²) in [7, 11) is -3.70. The Morgan fingerprint density at radius 1 is 1.35 bits per heavy atom. The van der Waals surface area contributed by atoms with Crippen molar-refractivity contribution in [1.29, 1.82) is 0 Å². The summed E-state index contributed by atoms with van der Waals surface area (Å²) in [4.78, 5) is 11.6. The molecule has 7 nitrogen and oxygen atoms in total. The van der Waals surface area contributed by atoms with Gasteiger partial charge in [-0.2, -0.15) is 0 Å². The van der Waals surface area contributed by atoms with E-state index in [0.29, 0.717) is 11.3 Å². The second-order valence-electron chi connectivity index (χ2n) is 4.85. The Bertz CT molecular complexity index is 789. The number of halogens is 1. The number of carbonyl (C=O) groups is 1. The average Bonchev–Trinajstić information content (AvgIpc) is 2.90. The van der Waals surface area contributed by atoms with Gasteiger partial charge in [0.1, 0.15) is 11.6 Å². The molecule has 0 aliphatic heterocycles. The van der Waals surface area contributed by atoms with Crippen LogP contribution in [0.2, 0.25) is 0 Å². The van der Waals surface area contributed by atoms with Gasteiger partial charge in [0.05, 0.1) is 12.3 Å². The fraction of sp³-hybridized carbons (Fsp3) is 0.286. The quantitative estimate of drug-likeness (QED) is 0.788. The first-order valence-corrected chi connectivity index (χ1v) is 8.45. The van der Waals surface area contributed by atoms with Crippen LogP contribution in [0, 0.1) is 12.7 Å². The van der Waals surface area contributed by atoms with Gasteiger partial charge in [0.25, 0.3) is 0 Å². The number of rotatable bonds is 7. The summed E-state index contributed by atoms with van der Waals surface area (Å²) in [6.07, 6.45) is 0.0199. The maximum atomic E-state index is 13.4. The number of nitrogens with one attached hydrogen (secondary N) is 2. The van der Waals surface area contributed by atoms with Crippen LogP contribution in [-0.2, 0) is 21.2 Å². The smallest absolute Gasteiger partial charge is 0.240 e. The fourth-order valence-corrected chi connectivity index (χ4v) is 2.79. The molecule has 0 saturated heterocycles. The molecule has 0 atom stereocenters. The maximum Gasteiger partial charge on any atom is 0.240 e. The summed E-state index contributed by atoms with van der Waals surface area (Å²) in [5.41, 5.74) is 0.306. The lowest BCUT2D eigenvalue weighted by atomic mass is 10.2. The summed E-state index contributed by atoms with van der Waals surface area (Å²) >= 11 is 0. The van der Waals surface area contributed by atoms with E-state index in [1.807, 2.05) is 0 Å². The second kappa shape index (κ2) is 7.34. The van der Waals surface area contributed by atoms with Gasteiger partial charge in [0.15, 0.2) is 5.82 Å². The van der Waals surface area contributed by atoms with Gasteiger partial charge >= 0.3 is 0 Å². The van der Waals surface area contributed by atoms with Gasteiger partial charge < -0.3 is 9.84 Å². The Labute approximate surface area is 132 Å². The summed E-state index contributed by atoms with van der Waals surface area (Å²) in [6, 6.07) is 7.45. The van der Waals surface area contributed by atoms with Crippen LogP contribution in [0.5, 0.6) is 0 Å². The van der Waals surface area contributed by atoms with Crippen molar-refractivity contribution in [3.8, 4) is 0 Å². The highest BCUT2D eigenvalue weighted by atomic mass is 32.2. The number of aryl methyl sites for hydroxylation is 2. The minimum absolute atomic E-state index is 0.0199. The molecule has 1 heterocycles. The molecule has 23 heavy (non-hydrogen) atoms. The predicted octanol–water partition coefficient (Wildman–Crippen LogP) is 1.22. The molecule has 2 N–H and O–H groups in total. The molecule has 0 saturated carbocycles. The minimum Gasteiger partial charge on any atom is -0.360 e. The number of carbonyl (C=O) groups excluding carboxylic acids is 1. The molecule has 0 bridgehead atoms. The molecular weight excluding hydrogens is 325 g/mol. The topological polar surface area (TPSA) is 101 Å². The van der Waals surface area contributed by atoms with Gasteiger partial charge in [-0.05, 0) is 25.0 Å². The molecule has 9 heteroatoms. The van der Waals surface area contributed by atoms with Crippen molar-refractivity contribution in [1.82, 2.24) is 9.88 Å². The summed E-state index contributed by atoms with van der Waals surface area (Å²) < 4.78 is 44.0. The van der Waals surface area contributed by atoms with E-state index in [0.717, 1.165) is 0 Å². The number of nitrogens with zero attached hydrogens (tertiary/aromatic N) is 1. The summed E-state index contributed by atoms with van der Waals surface area (Å²) in [5.74, 6) is -0.622. The predicted molar refractivity (Wildman–Crippen MR) is 81.8 cm³/mol. The third kappa shape index (κ3) is 5.46. The Morgan fingerprint density at radius 3 is 2.74 bits per heavy atom. The number of sulfonamides is 1. The Balaban J connectivity index is 1.81. The highest BCUT2D eigenvalue weighted by molar-refractivity contribution is 7.89. The van der Waals surface area contributed by atoms with Crippen molar-refractivity contribution >= 4 is 21.7 Å². The van der Waals surface area contributed by atoms with E-state index in [9.17, 15) is 17.6 Å². The highest BCUT2D eigenvalue weighted by Crippen LogP contribution is 2.08. The maximum absolute atomic E-state index is 13.4. The molecule has 1 aromatic carbocycles. The van der Waals surface area contributed by atoms with Crippen LogP contribution in [-0.4, -0.2) is 31.8 Å². The molecular formula is C14H16FN3O4S. The van der Waals surface area contributed by atoms with Gasteiger partial charge in [-0.25, -0.2) is 17.5 Å².